The lowest BCUT2D eigenvalue weighted by Crippen LogP contribution is -2.38. The van der Waals surface area contributed by atoms with Gasteiger partial charge in [0.1, 0.15) is 0 Å². The van der Waals surface area contributed by atoms with Crippen molar-refractivity contribution in [2.75, 3.05) is 18.0 Å². The van der Waals surface area contributed by atoms with Gasteiger partial charge in [-0.3, -0.25) is 4.79 Å². The summed E-state index contributed by atoms with van der Waals surface area (Å²) in [5.74, 6) is 1.46. The maximum atomic E-state index is 11.1. The number of piperidine rings is 1. The Balaban J connectivity index is 2.27. The zero-order valence-corrected chi connectivity index (χ0v) is 11.9. The monoisotopic (exact) mass is 295 g/mol. The number of rotatable bonds is 2. The van der Waals surface area contributed by atoms with Crippen LogP contribution in [0.3, 0.4) is 0 Å². The van der Waals surface area contributed by atoms with Crippen LogP contribution in [0.2, 0.25) is 0 Å². The zero-order chi connectivity index (χ0) is 12.4. The summed E-state index contributed by atoms with van der Waals surface area (Å²) in [5.41, 5.74) is 1.85. The highest BCUT2D eigenvalue weighted by Crippen LogP contribution is 2.30. The molecule has 17 heavy (non-hydrogen) atoms. The Bertz CT molecular complexity index is 419. The molecule has 2 nitrogen and oxygen atoms in total. The Morgan fingerprint density at radius 2 is 2.12 bits per heavy atom. The van der Waals surface area contributed by atoms with E-state index in [0.29, 0.717) is 5.92 Å². The van der Waals surface area contributed by atoms with Crippen molar-refractivity contribution in [3.8, 4) is 0 Å². The molecule has 2 unspecified atom stereocenters. The van der Waals surface area contributed by atoms with Gasteiger partial charge in [0, 0.05) is 28.8 Å². The lowest BCUT2D eigenvalue weighted by atomic mass is 9.88. The number of halogens is 1. The van der Waals surface area contributed by atoms with Gasteiger partial charge in [-0.25, -0.2) is 0 Å². The first kappa shape index (κ1) is 12.6. The molecule has 0 radical (unpaired) electrons. The minimum absolute atomic E-state index is 0.683. The van der Waals surface area contributed by atoms with Crippen LogP contribution in [0.1, 0.15) is 30.6 Å². The largest absolute Gasteiger partial charge is 0.371 e. The number of benzene rings is 1. The molecule has 2 atom stereocenters. The maximum absolute atomic E-state index is 11.1. The molecule has 1 aliphatic heterocycles. The molecule has 1 aliphatic rings. The zero-order valence-electron chi connectivity index (χ0n) is 10.3. The van der Waals surface area contributed by atoms with Gasteiger partial charge in [-0.1, -0.05) is 29.8 Å². The van der Waals surface area contributed by atoms with E-state index in [2.05, 4.69) is 34.7 Å². The third-order valence-electron chi connectivity index (χ3n) is 3.79. The molecule has 1 fully saturated rings. The third kappa shape index (κ3) is 2.71. The van der Waals surface area contributed by atoms with Gasteiger partial charge in [0.25, 0.3) is 0 Å². The Labute approximate surface area is 111 Å². The normalized spacial score (nSPS) is 24.8. The second-order valence-corrected chi connectivity index (χ2v) is 5.93. The van der Waals surface area contributed by atoms with E-state index in [0.717, 1.165) is 41.0 Å². The lowest BCUT2D eigenvalue weighted by molar-refractivity contribution is 0.112. The predicted octanol–water partition coefficient (Wildman–Crippen LogP) is 3.74. The number of hydrogen-bond acceptors (Lipinski definition) is 2. The lowest BCUT2D eigenvalue weighted by Gasteiger charge is -2.37. The first-order chi connectivity index (χ1) is 8.11. The van der Waals surface area contributed by atoms with Crippen molar-refractivity contribution < 1.29 is 4.79 Å². The van der Waals surface area contributed by atoms with Crippen LogP contribution in [0.4, 0.5) is 5.69 Å². The van der Waals surface area contributed by atoms with Crippen molar-refractivity contribution in [3.63, 3.8) is 0 Å². The molecule has 0 N–H and O–H groups in total. The van der Waals surface area contributed by atoms with Crippen LogP contribution >= 0.6 is 15.9 Å². The molecule has 3 heteroatoms. The summed E-state index contributed by atoms with van der Waals surface area (Å²) in [7, 11) is 0. The Kier molecular flexibility index (Phi) is 3.87. The summed E-state index contributed by atoms with van der Waals surface area (Å²) in [4.78, 5) is 13.4. The molecule has 0 saturated carbocycles. The molecule has 2 rings (SSSR count). The molecule has 1 aromatic carbocycles. The highest BCUT2D eigenvalue weighted by Gasteiger charge is 2.24. The Morgan fingerprint density at radius 1 is 1.35 bits per heavy atom. The van der Waals surface area contributed by atoms with Gasteiger partial charge < -0.3 is 4.90 Å². The molecule has 0 bridgehead atoms. The summed E-state index contributed by atoms with van der Waals surface area (Å²) in [6.07, 6.45) is 2.15. The van der Waals surface area contributed by atoms with Crippen LogP contribution in [-0.4, -0.2) is 19.4 Å². The van der Waals surface area contributed by atoms with Crippen LogP contribution in [0.25, 0.3) is 0 Å². The van der Waals surface area contributed by atoms with Crippen molar-refractivity contribution >= 4 is 27.9 Å². The number of hydrogen-bond donors (Lipinski definition) is 0. The van der Waals surface area contributed by atoms with E-state index in [1.165, 1.54) is 6.42 Å². The van der Waals surface area contributed by atoms with Crippen LogP contribution < -0.4 is 4.90 Å². The quantitative estimate of drug-likeness (QED) is 0.775. The van der Waals surface area contributed by atoms with E-state index in [9.17, 15) is 4.79 Å². The van der Waals surface area contributed by atoms with Gasteiger partial charge >= 0.3 is 0 Å². The molecular weight excluding hydrogens is 278 g/mol. The molecule has 1 heterocycles. The van der Waals surface area contributed by atoms with E-state index >= 15 is 0 Å². The fraction of sp³-hybridized carbons (Fsp3) is 0.500. The van der Waals surface area contributed by atoms with Crippen LogP contribution in [0.5, 0.6) is 0 Å². The predicted molar refractivity (Wildman–Crippen MR) is 74.7 cm³/mol. The van der Waals surface area contributed by atoms with Crippen molar-refractivity contribution in [2.45, 2.75) is 20.3 Å². The number of anilines is 1. The summed E-state index contributed by atoms with van der Waals surface area (Å²) < 4.78 is 1.03. The van der Waals surface area contributed by atoms with E-state index in [4.69, 9.17) is 0 Å². The topological polar surface area (TPSA) is 20.3 Å². The molecular formula is C14H18BrNO. The van der Waals surface area contributed by atoms with Crippen molar-refractivity contribution in [1.29, 1.82) is 0 Å². The number of carbonyl (C=O) groups is 1. The first-order valence-electron chi connectivity index (χ1n) is 6.11. The average Bonchev–Trinajstić information content (AvgIpc) is 2.32. The second-order valence-electron chi connectivity index (χ2n) is 5.01. The third-order valence-corrected chi connectivity index (χ3v) is 4.29. The standard InChI is InChI=1S/C14H18BrNO/c1-10-5-6-16(8-11(10)2)14-7-13(15)4-3-12(14)9-17/h3-4,7,9-11H,5-6,8H2,1-2H3. The molecule has 0 spiro atoms. The van der Waals surface area contributed by atoms with Gasteiger partial charge in [-0.05, 0) is 36.5 Å². The summed E-state index contributed by atoms with van der Waals surface area (Å²) >= 11 is 3.48. The van der Waals surface area contributed by atoms with Gasteiger partial charge in [-0.2, -0.15) is 0 Å². The van der Waals surface area contributed by atoms with Gasteiger partial charge in [0.15, 0.2) is 6.29 Å². The molecule has 92 valence electrons. The smallest absolute Gasteiger partial charge is 0.152 e. The highest BCUT2D eigenvalue weighted by atomic mass is 79.9. The van der Waals surface area contributed by atoms with Crippen molar-refractivity contribution in [2.24, 2.45) is 11.8 Å². The minimum Gasteiger partial charge on any atom is -0.371 e. The van der Waals surface area contributed by atoms with E-state index < -0.39 is 0 Å². The molecule has 0 aliphatic carbocycles. The van der Waals surface area contributed by atoms with Crippen LogP contribution in [-0.2, 0) is 0 Å². The fourth-order valence-corrected chi connectivity index (χ4v) is 2.72. The molecule has 1 saturated heterocycles. The van der Waals surface area contributed by atoms with E-state index in [1.807, 2.05) is 18.2 Å². The van der Waals surface area contributed by atoms with Crippen molar-refractivity contribution in [1.82, 2.24) is 0 Å². The Morgan fingerprint density at radius 3 is 2.76 bits per heavy atom. The summed E-state index contributed by atoms with van der Waals surface area (Å²) in [6, 6.07) is 5.85. The number of nitrogens with zero attached hydrogens (tertiary/aromatic N) is 1. The van der Waals surface area contributed by atoms with Crippen LogP contribution in [0, 0.1) is 11.8 Å². The molecule has 0 amide bonds. The molecule has 0 aromatic heterocycles. The van der Waals surface area contributed by atoms with Gasteiger partial charge in [0.05, 0.1) is 0 Å². The van der Waals surface area contributed by atoms with Gasteiger partial charge in [0.2, 0.25) is 0 Å². The molecule has 1 aromatic rings. The number of aldehydes is 1. The van der Waals surface area contributed by atoms with Crippen LogP contribution in [0.15, 0.2) is 22.7 Å². The van der Waals surface area contributed by atoms with Gasteiger partial charge in [-0.15, -0.1) is 0 Å². The van der Waals surface area contributed by atoms with Crippen molar-refractivity contribution in [3.05, 3.63) is 28.2 Å². The van der Waals surface area contributed by atoms with E-state index in [1.54, 1.807) is 0 Å². The second kappa shape index (κ2) is 5.21. The van der Waals surface area contributed by atoms with E-state index in [-0.39, 0.29) is 0 Å². The average molecular weight is 296 g/mol. The summed E-state index contributed by atoms with van der Waals surface area (Å²) in [5, 5.41) is 0. The minimum atomic E-state index is 0.683. The first-order valence-corrected chi connectivity index (χ1v) is 6.90. The highest BCUT2D eigenvalue weighted by molar-refractivity contribution is 9.10. The maximum Gasteiger partial charge on any atom is 0.152 e. The Hall–Kier alpha value is -0.830. The fourth-order valence-electron chi connectivity index (χ4n) is 2.37. The number of carbonyl (C=O) groups excluding carboxylic acids is 1. The summed E-state index contributed by atoms with van der Waals surface area (Å²) in [6.45, 7) is 6.68. The SMILES string of the molecule is CC1CCN(c2cc(Br)ccc2C=O)CC1C.